The van der Waals surface area contributed by atoms with Crippen molar-refractivity contribution in [2.24, 2.45) is 0 Å². The van der Waals surface area contributed by atoms with E-state index in [-0.39, 0.29) is 0 Å². The van der Waals surface area contributed by atoms with Crippen molar-refractivity contribution in [2.45, 2.75) is 13.3 Å². The highest BCUT2D eigenvalue weighted by molar-refractivity contribution is 5.85. The molecular formula is C21H17N3O. The Kier molecular flexibility index (Phi) is 4.09. The Morgan fingerprint density at radius 2 is 1.76 bits per heavy atom. The van der Waals surface area contributed by atoms with Crippen LogP contribution in [0.15, 0.2) is 72.9 Å². The largest absolute Gasteiger partial charge is 0.438 e. The Bertz CT molecular complexity index is 1020. The molecule has 0 spiro atoms. The lowest BCUT2D eigenvalue weighted by Crippen LogP contribution is -1.97. The van der Waals surface area contributed by atoms with Gasteiger partial charge in [-0.05, 0) is 48.4 Å². The summed E-state index contributed by atoms with van der Waals surface area (Å²) in [5.74, 6) is 1.87. The summed E-state index contributed by atoms with van der Waals surface area (Å²) in [6, 6.07) is 21.6. The molecule has 25 heavy (non-hydrogen) atoms. The summed E-state index contributed by atoms with van der Waals surface area (Å²) in [7, 11) is 0. The molecule has 122 valence electrons. The normalized spacial score (nSPS) is 10.8. The number of nitrogens with zero attached hydrogens (tertiary/aromatic N) is 3. The number of pyridine rings is 1. The molecule has 4 nitrogen and oxygen atoms in total. The lowest BCUT2D eigenvalue weighted by molar-refractivity contribution is 0.468. The fourth-order valence-corrected chi connectivity index (χ4v) is 2.68. The minimum Gasteiger partial charge on any atom is -0.438 e. The molecule has 2 aromatic carbocycles. The standard InChI is InChI=1S/C21H17N3O/c1-2-15-8-7-9-16(14-15)25-21-17-10-3-4-11-18(17)23-20(24-21)19-12-5-6-13-22-19/h3-14H,2H2,1H3. The Labute approximate surface area is 146 Å². The van der Waals surface area contributed by atoms with Crippen LogP contribution >= 0.6 is 0 Å². The maximum Gasteiger partial charge on any atom is 0.230 e. The van der Waals surface area contributed by atoms with E-state index in [0.717, 1.165) is 28.8 Å². The lowest BCUT2D eigenvalue weighted by Gasteiger charge is -2.10. The average molecular weight is 327 g/mol. The number of ether oxygens (including phenoxy) is 1. The van der Waals surface area contributed by atoms with E-state index in [1.807, 2.05) is 60.7 Å². The van der Waals surface area contributed by atoms with Crippen molar-refractivity contribution in [3.05, 3.63) is 78.5 Å². The third kappa shape index (κ3) is 3.19. The first-order valence-electron chi connectivity index (χ1n) is 8.28. The van der Waals surface area contributed by atoms with Crippen molar-refractivity contribution >= 4 is 10.9 Å². The number of hydrogen-bond acceptors (Lipinski definition) is 4. The number of rotatable bonds is 4. The minimum atomic E-state index is 0.541. The zero-order valence-corrected chi connectivity index (χ0v) is 13.9. The third-order valence-corrected chi connectivity index (χ3v) is 3.98. The fourth-order valence-electron chi connectivity index (χ4n) is 2.68. The van der Waals surface area contributed by atoms with Crippen LogP contribution in [0.5, 0.6) is 11.6 Å². The predicted molar refractivity (Wildman–Crippen MR) is 98.7 cm³/mol. The van der Waals surface area contributed by atoms with E-state index in [4.69, 9.17) is 4.74 Å². The Morgan fingerprint density at radius 1 is 0.880 bits per heavy atom. The maximum absolute atomic E-state index is 6.12. The minimum absolute atomic E-state index is 0.541. The third-order valence-electron chi connectivity index (χ3n) is 3.98. The van der Waals surface area contributed by atoms with Crippen LogP contribution in [0.2, 0.25) is 0 Å². The van der Waals surface area contributed by atoms with Gasteiger partial charge in [0.1, 0.15) is 11.4 Å². The average Bonchev–Trinajstić information content (AvgIpc) is 2.69. The maximum atomic E-state index is 6.12. The highest BCUT2D eigenvalue weighted by Crippen LogP contribution is 2.29. The van der Waals surface area contributed by atoms with E-state index in [2.05, 4.69) is 27.9 Å². The van der Waals surface area contributed by atoms with E-state index in [0.29, 0.717) is 11.7 Å². The molecule has 0 saturated heterocycles. The predicted octanol–water partition coefficient (Wildman–Crippen LogP) is 5.05. The first-order chi connectivity index (χ1) is 12.3. The van der Waals surface area contributed by atoms with Crippen molar-refractivity contribution in [1.29, 1.82) is 0 Å². The first kappa shape index (κ1) is 15.3. The van der Waals surface area contributed by atoms with Crippen molar-refractivity contribution in [3.8, 4) is 23.1 Å². The van der Waals surface area contributed by atoms with Gasteiger partial charge in [-0.2, -0.15) is 4.98 Å². The molecule has 0 unspecified atom stereocenters. The highest BCUT2D eigenvalue weighted by Gasteiger charge is 2.12. The molecule has 4 aromatic rings. The van der Waals surface area contributed by atoms with Gasteiger partial charge in [0.05, 0.1) is 10.9 Å². The zero-order valence-electron chi connectivity index (χ0n) is 13.9. The summed E-state index contributed by atoms with van der Waals surface area (Å²) in [6.45, 7) is 2.12. The van der Waals surface area contributed by atoms with Crippen LogP contribution in [-0.4, -0.2) is 15.0 Å². The number of benzene rings is 2. The van der Waals surface area contributed by atoms with Gasteiger partial charge in [0.15, 0.2) is 5.82 Å². The van der Waals surface area contributed by atoms with Crippen LogP contribution < -0.4 is 4.74 Å². The van der Waals surface area contributed by atoms with Crippen LogP contribution in [-0.2, 0) is 6.42 Å². The molecule has 0 radical (unpaired) electrons. The second-order valence-electron chi connectivity index (χ2n) is 5.69. The molecule has 0 N–H and O–H groups in total. The van der Waals surface area contributed by atoms with Crippen LogP contribution in [0.1, 0.15) is 12.5 Å². The molecule has 0 atom stereocenters. The number of para-hydroxylation sites is 1. The molecule has 4 rings (SSSR count). The van der Waals surface area contributed by atoms with Gasteiger partial charge in [-0.25, -0.2) is 4.98 Å². The van der Waals surface area contributed by atoms with Gasteiger partial charge in [-0.1, -0.05) is 37.3 Å². The van der Waals surface area contributed by atoms with E-state index in [1.165, 1.54) is 5.56 Å². The lowest BCUT2D eigenvalue weighted by atomic mass is 10.2. The molecule has 2 aromatic heterocycles. The van der Waals surface area contributed by atoms with Gasteiger partial charge in [-0.3, -0.25) is 4.98 Å². The van der Waals surface area contributed by atoms with Crippen LogP contribution in [0, 0.1) is 0 Å². The van der Waals surface area contributed by atoms with Crippen molar-refractivity contribution in [2.75, 3.05) is 0 Å². The van der Waals surface area contributed by atoms with Gasteiger partial charge in [-0.15, -0.1) is 0 Å². The first-order valence-corrected chi connectivity index (χ1v) is 8.28. The van der Waals surface area contributed by atoms with Gasteiger partial charge in [0.25, 0.3) is 0 Å². The summed E-state index contributed by atoms with van der Waals surface area (Å²) in [5.41, 5.74) is 2.78. The van der Waals surface area contributed by atoms with Crippen molar-refractivity contribution in [3.63, 3.8) is 0 Å². The molecule has 0 fully saturated rings. The number of fused-ring (bicyclic) bond motifs is 1. The number of aryl methyl sites for hydroxylation is 1. The number of aromatic nitrogens is 3. The second-order valence-corrected chi connectivity index (χ2v) is 5.69. The topological polar surface area (TPSA) is 47.9 Å². The van der Waals surface area contributed by atoms with E-state index in [9.17, 15) is 0 Å². The van der Waals surface area contributed by atoms with E-state index < -0.39 is 0 Å². The molecule has 4 heteroatoms. The molecule has 0 aliphatic rings. The second kappa shape index (κ2) is 6.69. The van der Waals surface area contributed by atoms with Gasteiger partial charge in [0, 0.05) is 6.20 Å². The molecule has 0 saturated carbocycles. The monoisotopic (exact) mass is 327 g/mol. The zero-order chi connectivity index (χ0) is 17.1. The summed E-state index contributed by atoms with van der Waals surface area (Å²) in [6.07, 6.45) is 2.69. The molecule has 0 aliphatic heterocycles. The molecule has 0 amide bonds. The molecule has 2 heterocycles. The smallest absolute Gasteiger partial charge is 0.230 e. The highest BCUT2D eigenvalue weighted by atomic mass is 16.5. The van der Waals surface area contributed by atoms with Crippen LogP contribution in [0.25, 0.3) is 22.4 Å². The summed E-state index contributed by atoms with van der Waals surface area (Å²) in [4.78, 5) is 13.6. The van der Waals surface area contributed by atoms with Crippen LogP contribution in [0.4, 0.5) is 0 Å². The van der Waals surface area contributed by atoms with E-state index >= 15 is 0 Å². The molecular weight excluding hydrogens is 310 g/mol. The molecule has 0 bridgehead atoms. The molecule has 0 aliphatic carbocycles. The fraction of sp³-hybridized carbons (Fsp3) is 0.0952. The quantitative estimate of drug-likeness (QED) is 0.526. The Balaban J connectivity index is 1.83. The van der Waals surface area contributed by atoms with Crippen molar-refractivity contribution in [1.82, 2.24) is 15.0 Å². The van der Waals surface area contributed by atoms with E-state index in [1.54, 1.807) is 6.20 Å². The SMILES string of the molecule is CCc1cccc(Oc2nc(-c3ccccn3)nc3ccccc23)c1. The van der Waals surface area contributed by atoms with Gasteiger partial charge < -0.3 is 4.74 Å². The van der Waals surface area contributed by atoms with Gasteiger partial charge >= 0.3 is 0 Å². The summed E-state index contributed by atoms with van der Waals surface area (Å²) < 4.78 is 6.12. The summed E-state index contributed by atoms with van der Waals surface area (Å²) >= 11 is 0. The van der Waals surface area contributed by atoms with Crippen molar-refractivity contribution < 1.29 is 4.74 Å². The summed E-state index contributed by atoms with van der Waals surface area (Å²) in [5, 5.41) is 0.879. The van der Waals surface area contributed by atoms with Gasteiger partial charge in [0.2, 0.25) is 5.88 Å². The Hall–Kier alpha value is -3.27. The number of hydrogen-bond donors (Lipinski definition) is 0. The Morgan fingerprint density at radius 3 is 2.60 bits per heavy atom. The van der Waals surface area contributed by atoms with Crippen LogP contribution in [0.3, 0.4) is 0 Å².